The molecule has 3 rings (SSSR count). The van der Waals surface area contributed by atoms with Crippen molar-refractivity contribution in [3.8, 4) is 6.07 Å². The normalized spacial score (nSPS) is 14.3. The Morgan fingerprint density at radius 3 is 2.88 bits per heavy atom. The van der Waals surface area contributed by atoms with Crippen molar-refractivity contribution in [1.29, 1.82) is 5.26 Å². The van der Waals surface area contributed by atoms with Crippen molar-refractivity contribution in [2.75, 3.05) is 5.32 Å². The third kappa shape index (κ3) is 4.18. The summed E-state index contributed by atoms with van der Waals surface area (Å²) in [6.07, 6.45) is 4.21. The highest BCUT2D eigenvalue weighted by Gasteiger charge is 2.21. The second-order valence-electron chi connectivity index (χ2n) is 6.18. The summed E-state index contributed by atoms with van der Waals surface area (Å²) in [6.45, 7) is 3.70. The van der Waals surface area contributed by atoms with Gasteiger partial charge in [0.25, 0.3) is 0 Å². The number of aromatic nitrogens is 2. The van der Waals surface area contributed by atoms with Gasteiger partial charge in [0.1, 0.15) is 16.9 Å². The minimum Gasteiger partial charge on any atom is -0.310 e. The van der Waals surface area contributed by atoms with E-state index in [1.54, 1.807) is 6.07 Å². The van der Waals surface area contributed by atoms with Gasteiger partial charge in [-0.25, -0.2) is 9.97 Å². The summed E-state index contributed by atoms with van der Waals surface area (Å²) in [7, 11) is 0. The van der Waals surface area contributed by atoms with E-state index >= 15 is 0 Å². The van der Waals surface area contributed by atoms with Crippen LogP contribution in [0.4, 0.5) is 5.82 Å². The first-order valence-electron chi connectivity index (χ1n) is 8.41. The summed E-state index contributed by atoms with van der Waals surface area (Å²) >= 11 is 1.33. The van der Waals surface area contributed by atoms with Crippen LogP contribution in [-0.2, 0) is 17.6 Å². The highest BCUT2D eigenvalue weighted by atomic mass is 32.2. The Labute approximate surface area is 151 Å². The SMILES string of the molecule is Cc1cccc(NC(=O)C(C)Sc2nc3c(cc2C#N)CCCC3)n1. The lowest BCUT2D eigenvalue weighted by molar-refractivity contribution is -0.115. The number of nitriles is 1. The Hall–Kier alpha value is -2.39. The molecule has 1 amide bonds. The lowest BCUT2D eigenvalue weighted by Crippen LogP contribution is -2.23. The fourth-order valence-electron chi connectivity index (χ4n) is 2.85. The minimum absolute atomic E-state index is 0.147. The van der Waals surface area contributed by atoms with Gasteiger partial charge in [-0.05, 0) is 63.3 Å². The van der Waals surface area contributed by atoms with E-state index < -0.39 is 0 Å². The number of nitrogens with zero attached hydrogens (tertiary/aromatic N) is 3. The number of fused-ring (bicyclic) bond motifs is 1. The lowest BCUT2D eigenvalue weighted by Gasteiger charge is -2.18. The Morgan fingerprint density at radius 2 is 2.12 bits per heavy atom. The molecule has 1 unspecified atom stereocenters. The van der Waals surface area contributed by atoms with Crippen LogP contribution in [0.2, 0.25) is 0 Å². The molecular weight excluding hydrogens is 332 g/mol. The maximum absolute atomic E-state index is 12.4. The topological polar surface area (TPSA) is 78.7 Å². The highest BCUT2D eigenvalue weighted by molar-refractivity contribution is 8.00. The Kier molecular flexibility index (Phi) is 5.34. The van der Waals surface area contributed by atoms with Gasteiger partial charge in [-0.3, -0.25) is 4.79 Å². The molecule has 0 saturated carbocycles. The molecule has 1 N–H and O–H groups in total. The van der Waals surface area contributed by atoms with Crippen LogP contribution in [0.1, 0.15) is 42.3 Å². The molecule has 0 aromatic carbocycles. The van der Waals surface area contributed by atoms with Gasteiger partial charge in [-0.15, -0.1) is 0 Å². The first-order chi connectivity index (χ1) is 12.1. The number of hydrogen-bond acceptors (Lipinski definition) is 5. The number of aryl methyl sites for hydroxylation is 3. The van der Waals surface area contributed by atoms with Crippen molar-refractivity contribution >= 4 is 23.5 Å². The van der Waals surface area contributed by atoms with Gasteiger partial charge < -0.3 is 5.32 Å². The van der Waals surface area contributed by atoms with Crippen molar-refractivity contribution < 1.29 is 4.79 Å². The number of anilines is 1. The molecule has 0 radical (unpaired) electrons. The first-order valence-corrected chi connectivity index (χ1v) is 9.29. The van der Waals surface area contributed by atoms with Gasteiger partial charge >= 0.3 is 0 Å². The second-order valence-corrected chi connectivity index (χ2v) is 7.51. The molecule has 1 aliphatic rings. The van der Waals surface area contributed by atoms with Gasteiger partial charge in [0, 0.05) is 11.4 Å². The van der Waals surface area contributed by atoms with E-state index in [9.17, 15) is 10.1 Å². The van der Waals surface area contributed by atoms with Crippen molar-refractivity contribution in [3.63, 3.8) is 0 Å². The molecule has 6 heteroatoms. The van der Waals surface area contributed by atoms with Crippen molar-refractivity contribution in [3.05, 3.63) is 46.8 Å². The molecule has 0 saturated heterocycles. The number of thioether (sulfide) groups is 1. The Balaban J connectivity index is 1.75. The molecule has 5 nitrogen and oxygen atoms in total. The quantitative estimate of drug-likeness (QED) is 0.850. The number of hydrogen-bond donors (Lipinski definition) is 1. The van der Waals surface area contributed by atoms with Crippen LogP contribution in [0.3, 0.4) is 0 Å². The third-order valence-electron chi connectivity index (χ3n) is 4.18. The molecule has 2 aromatic heterocycles. The molecule has 1 atom stereocenters. The van der Waals surface area contributed by atoms with Crippen LogP contribution in [-0.4, -0.2) is 21.1 Å². The molecule has 128 valence electrons. The summed E-state index contributed by atoms with van der Waals surface area (Å²) in [4.78, 5) is 21.4. The minimum atomic E-state index is -0.372. The van der Waals surface area contributed by atoms with Crippen molar-refractivity contribution in [2.24, 2.45) is 0 Å². The van der Waals surface area contributed by atoms with Crippen LogP contribution in [0.5, 0.6) is 0 Å². The van der Waals surface area contributed by atoms with Crippen LogP contribution >= 0.6 is 11.8 Å². The Morgan fingerprint density at radius 1 is 1.32 bits per heavy atom. The predicted octanol–water partition coefficient (Wildman–Crippen LogP) is 3.65. The molecule has 0 bridgehead atoms. The average molecular weight is 352 g/mol. The standard InChI is InChI=1S/C19H20N4OS/c1-12-6-5-9-17(21-12)23-18(24)13(2)25-19-15(11-20)10-14-7-3-4-8-16(14)22-19/h5-6,9-10,13H,3-4,7-8H2,1-2H3,(H,21,23,24). The Bertz CT molecular complexity index is 844. The van der Waals surface area contributed by atoms with E-state index in [-0.39, 0.29) is 11.2 Å². The van der Waals surface area contributed by atoms with Crippen LogP contribution < -0.4 is 5.32 Å². The summed E-state index contributed by atoms with van der Waals surface area (Å²) in [5, 5.41) is 12.5. The number of carbonyl (C=O) groups is 1. The van der Waals surface area contributed by atoms with E-state index in [4.69, 9.17) is 0 Å². The molecule has 0 aliphatic heterocycles. The zero-order chi connectivity index (χ0) is 17.8. The van der Waals surface area contributed by atoms with Crippen LogP contribution in [0, 0.1) is 18.3 Å². The van der Waals surface area contributed by atoms with E-state index in [1.165, 1.54) is 17.3 Å². The van der Waals surface area contributed by atoms with Gasteiger partial charge in [0.05, 0.1) is 10.8 Å². The largest absolute Gasteiger partial charge is 0.310 e. The van der Waals surface area contributed by atoms with Gasteiger partial charge in [-0.1, -0.05) is 17.8 Å². The van der Waals surface area contributed by atoms with E-state index in [2.05, 4.69) is 21.4 Å². The molecule has 2 aromatic rings. The van der Waals surface area contributed by atoms with Crippen molar-refractivity contribution in [1.82, 2.24) is 9.97 Å². The zero-order valence-corrected chi connectivity index (χ0v) is 15.2. The van der Waals surface area contributed by atoms with E-state index in [0.29, 0.717) is 16.4 Å². The smallest absolute Gasteiger partial charge is 0.238 e. The molecule has 0 spiro atoms. The summed E-state index contributed by atoms with van der Waals surface area (Å²) in [6, 6.07) is 9.66. The molecule has 0 fully saturated rings. The molecule has 25 heavy (non-hydrogen) atoms. The predicted molar refractivity (Wildman–Crippen MR) is 98.5 cm³/mol. The highest BCUT2D eigenvalue weighted by Crippen LogP contribution is 2.30. The zero-order valence-electron chi connectivity index (χ0n) is 14.4. The maximum atomic E-state index is 12.4. The first kappa shape index (κ1) is 17.4. The van der Waals surface area contributed by atoms with E-state index in [0.717, 1.165) is 37.1 Å². The summed E-state index contributed by atoms with van der Waals surface area (Å²) in [5.41, 5.74) is 3.65. The molecule has 2 heterocycles. The number of rotatable bonds is 4. The lowest BCUT2D eigenvalue weighted by atomic mass is 9.95. The number of carbonyl (C=O) groups excluding carboxylic acids is 1. The fraction of sp³-hybridized carbons (Fsp3) is 0.368. The summed E-state index contributed by atoms with van der Waals surface area (Å²) < 4.78 is 0. The monoisotopic (exact) mass is 352 g/mol. The number of nitrogens with one attached hydrogen (secondary N) is 1. The van der Waals surface area contributed by atoms with E-state index in [1.807, 2.05) is 32.0 Å². The number of pyridine rings is 2. The van der Waals surface area contributed by atoms with Gasteiger partial charge in [0.2, 0.25) is 5.91 Å². The van der Waals surface area contributed by atoms with Gasteiger partial charge in [0.15, 0.2) is 0 Å². The average Bonchev–Trinajstić information content (AvgIpc) is 2.61. The molecule has 1 aliphatic carbocycles. The van der Waals surface area contributed by atoms with Crippen molar-refractivity contribution in [2.45, 2.75) is 49.8 Å². The number of amides is 1. The van der Waals surface area contributed by atoms with Gasteiger partial charge in [-0.2, -0.15) is 5.26 Å². The van der Waals surface area contributed by atoms with Crippen LogP contribution in [0.15, 0.2) is 29.3 Å². The van der Waals surface area contributed by atoms with Crippen LogP contribution in [0.25, 0.3) is 0 Å². The third-order valence-corrected chi connectivity index (χ3v) is 5.29. The molecular formula is C19H20N4OS. The summed E-state index contributed by atoms with van der Waals surface area (Å²) in [5.74, 6) is 0.392. The fourth-order valence-corrected chi connectivity index (χ4v) is 3.74. The maximum Gasteiger partial charge on any atom is 0.238 e. The second kappa shape index (κ2) is 7.66.